The van der Waals surface area contributed by atoms with Crippen LogP contribution in [0.3, 0.4) is 0 Å². The van der Waals surface area contributed by atoms with Crippen LogP contribution < -0.4 is 4.90 Å². The number of hydrogen-bond acceptors (Lipinski definition) is 3. The van der Waals surface area contributed by atoms with Crippen LogP contribution >= 0.6 is 0 Å². The summed E-state index contributed by atoms with van der Waals surface area (Å²) in [5.41, 5.74) is 2.50. The highest BCUT2D eigenvalue weighted by Crippen LogP contribution is 2.20. The van der Waals surface area contributed by atoms with Gasteiger partial charge >= 0.3 is 0 Å². The van der Waals surface area contributed by atoms with E-state index in [9.17, 15) is 9.59 Å². The molecule has 1 unspecified atom stereocenters. The maximum absolute atomic E-state index is 12.6. The molecule has 5 heteroatoms. The molecule has 3 rings (SSSR count). The van der Waals surface area contributed by atoms with Crippen molar-refractivity contribution in [2.75, 3.05) is 37.6 Å². The minimum absolute atomic E-state index is 0.218. The molecule has 0 bridgehead atoms. The van der Waals surface area contributed by atoms with E-state index in [1.54, 1.807) is 0 Å². The number of rotatable bonds is 5. The topological polar surface area (TPSA) is 43.9 Å². The van der Waals surface area contributed by atoms with Gasteiger partial charge in [0.2, 0.25) is 11.8 Å². The van der Waals surface area contributed by atoms with E-state index in [1.165, 1.54) is 11.3 Å². The number of carbonyl (C=O) groups excluding carboxylic acids is 2. The number of benzene rings is 1. The van der Waals surface area contributed by atoms with E-state index in [0.717, 1.165) is 45.6 Å². The molecule has 136 valence electrons. The average Bonchev–Trinajstić information content (AvgIpc) is 3.00. The number of aryl methyl sites for hydroxylation is 1. The SMILES string of the molecule is Cc1ccc(N2CCN(C(=O)CCCN3CCCC3=O)C(C)C2)cc1. The van der Waals surface area contributed by atoms with Gasteiger partial charge in [-0.1, -0.05) is 17.7 Å². The fourth-order valence-electron chi connectivity index (χ4n) is 3.82. The predicted octanol–water partition coefficient (Wildman–Crippen LogP) is 2.43. The standard InChI is InChI=1S/C20H29N3O2/c1-16-7-9-18(10-8-16)22-13-14-23(17(2)15-22)20(25)6-4-12-21-11-3-5-19(21)24/h7-10,17H,3-6,11-15H2,1-2H3. The molecular weight excluding hydrogens is 314 g/mol. The van der Waals surface area contributed by atoms with Gasteiger partial charge in [-0.3, -0.25) is 9.59 Å². The molecule has 0 N–H and O–H groups in total. The molecule has 2 saturated heterocycles. The van der Waals surface area contributed by atoms with E-state index >= 15 is 0 Å². The van der Waals surface area contributed by atoms with Crippen molar-refractivity contribution in [1.29, 1.82) is 0 Å². The third-order valence-corrected chi connectivity index (χ3v) is 5.34. The Hall–Kier alpha value is -2.04. The van der Waals surface area contributed by atoms with E-state index in [1.807, 2.05) is 9.80 Å². The average molecular weight is 343 g/mol. The van der Waals surface area contributed by atoms with Crippen molar-refractivity contribution in [3.05, 3.63) is 29.8 Å². The molecule has 0 saturated carbocycles. The first-order valence-electron chi connectivity index (χ1n) is 9.43. The number of piperazine rings is 1. The van der Waals surface area contributed by atoms with Crippen LogP contribution in [0.15, 0.2) is 24.3 Å². The van der Waals surface area contributed by atoms with Crippen LogP contribution in [0.4, 0.5) is 5.69 Å². The molecule has 0 aromatic heterocycles. The lowest BCUT2D eigenvalue weighted by molar-refractivity contribution is -0.134. The fraction of sp³-hybridized carbons (Fsp3) is 0.600. The predicted molar refractivity (Wildman–Crippen MR) is 99.6 cm³/mol. The third kappa shape index (κ3) is 4.33. The molecule has 0 aliphatic carbocycles. The molecule has 2 fully saturated rings. The fourth-order valence-corrected chi connectivity index (χ4v) is 3.82. The Morgan fingerprint density at radius 2 is 1.92 bits per heavy atom. The van der Waals surface area contributed by atoms with Gasteiger partial charge in [0.1, 0.15) is 0 Å². The first kappa shape index (κ1) is 17.8. The van der Waals surface area contributed by atoms with Crippen molar-refractivity contribution in [2.45, 2.75) is 45.6 Å². The lowest BCUT2D eigenvalue weighted by Crippen LogP contribution is -2.54. The Morgan fingerprint density at radius 1 is 1.16 bits per heavy atom. The Kier molecular flexibility index (Phi) is 5.61. The smallest absolute Gasteiger partial charge is 0.222 e. The van der Waals surface area contributed by atoms with Gasteiger partial charge in [0.05, 0.1) is 0 Å². The summed E-state index contributed by atoms with van der Waals surface area (Å²) < 4.78 is 0. The normalized spacial score (nSPS) is 21.1. The summed E-state index contributed by atoms with van der Waals surface area (Å²) in [5.74, 6) is 0.468. The molecule has 1 atom stereocenters. The van der Waals surface area contributed by atoms with Crippen LogP contribution in [0.25, 0.3) is 0 Å². The van der Waals surface area contributed by atoms with E-state index in [4.69, 9.17) is 0 Å². The second-order valence-corrected chi connectivity index (χ2v) is 7.31. The monoisotopic (exact) mass is 343 g/mol. The number of likely N-dealkylation sites (tertiary alicyclic amines) is 1. The summed E-state index contributed by atoms with van der Waals surface area (Å²) in [4.78, 5) is 30.4. The molecule has 2 heterocycles. The Bertz CT molecular complexity index is 614. The van der Waals surface area contributed by atoms with Crippen molar-refractivity contribution >= 4 is 17.5 Å². The Labute approximate surface area is 150 Å². The summed E-state index contributed by atoms with van der Waals surface area (Å²) in [6.45, 7) is 8.33. The van der Waals surface area contributed by atoms with Crippen molar-refractivity contribution in [3.8, 4) is 0 Å². The number of hydrogen-bond donors (Lipinski definition) is 0. The minimum atomic E-state index is 0.218. The first-order valence-corrected chi connectivity index (χ1v) is 9.43. The van der Waals surface area contributed by atoms with Crippen LogP contribution in [0.5, 0.6) is 0 Å². The molecule has 1 aromatic rings. The second kappa shape index (κ2) is 7.89. The summed E-state index contributed by atoms with van der Waals surface area (Å²) >= 11 is 0. The highest BCUT2D eigenvalue weighted by molar-refractivity contribution is 5.78. The van der Waals surface area contributed by atoms with Crippen LogP contribution in [-0.2, 0) is 9.59 Å². The second-order valence-electron chi connectivity index (χ2n) is 7.31. The van der Waals surface area contributed by atoms with Crippen molar-refractivity contribution < 1.29 is 9.59 Å². The van der Waals surface area contributed by atoms with Gasteiger partial charge in [-0.2, -0.15) is 0 Å². The van der Waals surface area contributed by atoms with Crippen molar-refractivity contribution in [1.82, 2.24) is 9.80 Å². The molecule has 5 nitrogen and oxygen atoms in total. The largest absolute Gasteiger partial charge is 0.368 e. The van der Waals surface area contributed by atoms with Crippen molar-refractivity contribution in [2.24, 2.45) is 0 Å². The van der Waals surface area contributed by atoms with Crippen LogP contribution in [0.2, 0.25) is 0 Å². The Morgan fingerprint density at radius 3 is 2.56 bits per heavy atom. The zero-order valence-corrected chi connectivity index (χ0v) is 15.4. The number of anilines is 1. The third-order valence-electron chi connectivity index (χ3n) is 5.34. The number of carbonyl (C=O) groups is 2. The van der Waals surface area contributed by atoms with E-state index in [-0.39, 0.29) is 17.9 Å². The van der Waals surface area contributed by atoms with Gasteiger partial charge in [-0.15, -0.1) is 0 Å². The molecule has 2 amide bonds. The highest BCUT2D eigenvalue weighted by Gasteiger charge is 2.27. The molecule has 0 radical (unpaired) electrons. The summed E-state index contributed by atoms with van der Waals surface area (Å²) in [7, 11) is 0. The van der Waals surface area contributed by atoms with E-state index in [0.29, 0.717) is 12.8 Å². The maximum Gasteiger partial charge on any atom is 0.222 e. The van der Waals surface area contributed by atoms with Crippen LogP contribution in [0.1, 0.15) is 38.2 Å². The molecule has 0 spiro atoms. The van der Waals surface area contributed by atoms with Gasteiger partial charge in [-0.05, 0) is 38.8 Å². The molecule has 2 aliphatic rings. The van der Waals surface area contributed by atoms with Gasteiger partial charge in [0, 0.05) is 57.3 Å². The lowest BCUT2D eigenvalue weighted by atomic mass is 10.1. The summed E-state index contributed by atoms with van der Waals surface area (Å²) in [5, 5.41) is 0. The summed E-state index contributed by atoms with van der Waals surface area (Å²) in [6, 6.07) is 8.81. The van der Waals surface area contributed by atoms with Gasteiger partial charge < -0.3 is 14.7 Å². The quantitative estimate of drug-likeness (QED) is 0.825. The Balaban J connectivity index is 1.46. The van der Waals surface area contributed by atoms with E-state index < -0.39 is 0 Å². The van der Waals surface area contributed by atoms with Gasteiger partial charge in [0.15, 0.2) is 0 Å². The van der Waals surface area contributed by atoms with Crippen LogP contribution in [0, 0.1) is 6.92 Å². The van der Waals surface area contributed by atoms with Gasteiger partial charge in [-0.25, -0.2) is 0 Å². The minimum Gasteiger partial charge on any atom is -0.368 e. The maximum atomic E-state index is 12.6. The van der Waals surface area contributed by atoms with Crippen LogP contribution in [-0.4, -0.2) is 60.4 Å². The van der Waals surface area contributed by atoms with Crippen molar-refractivity contribution in [3.63, 3.8) is 0 Å². The molecule has 1 aromatic carbocycles. The lowest BCUT2D eigenvalue weighted by Gasteiger charge is -2.41. The van der Waals surface area contributed by atoms with E-state index in [2.05, 4.69) is 43.0 Å². The highest BCUT2D eigenvalue weighted by atomic mass is 16.2. The van der Waals surface area contributed by atoms with Gasteiger partial charge in [0.25, 0.3) is 0 Å². The number of amides is 2. The first-order chi connectivity index (χ1) is 12.0. The number of nitrogens with zero attached hydrogens (tertiary/aromatic N) is 3. The summed E-state index contributed by atoms with van der Waals surface area (Å²) in [6.07, 6.45) is 2.95. The molecule has 2 aliphatic heterocycles. The zero-order chi connectivity index (χ0) is 17.8. The zero-order valence-electron chi connectivity index (χ0n) is 15.4. The molecular formula is C20H29N3O2. The molecule has 25 heavy (non-hydrogen) atoms.